The predicted octanol–water partition coefficient (Wildman–Crippen LogP) is 2.79. The Kier molecular flexibility index (Phi) is 6.91. The van der Waals surface area contributed by atoms with Gasteiger partial charge in [-0.15, -0.1) is 0 Å². The lowest BCUT2D eigenvalue weighted by Crippen LogP contribution is -2.26. The van der Waals surface area contributed by atoms with Gasteiger partial charge < -0.3 is 19.9 Å². The average Bonchev–Trinajstić information content (AvgIpc) is 2.60. The molecule has 23 heavy (non-hydrogen) atoms. The fourth-order valence-electron chi connectivity index (χ4n) is 2.43. The second-order valence-electron chi connectivity index (χ2n) is 5.53. The molecule has 2 rings (SSSR count). The predicted molar refractivity (Wildman–Crippen MR) is 92.0 cm³/mol. The molecule has 0 fully saturated rings. The van der Waals surface area contributed by atoms with Gasteiger partial charge >= 0.3 is 0 Å². The molecular weight excluding hydrogens is 290 g/mol. The van der Waals surface area contributed by atoms with Crippen molar-refractivity contribution in [3.8, 4) is 11.5 Å². The summed E-state index contributed by atoms with van der Waals surface area (Å²) in [5, 5.41) is 13.4. The standard InChI is InChI=1S/C19H25NO3/c1-22-18-7-3-5-15(11-18)9-10-17(21)14-20-13-16-6-4-8-19(12-16)23-2/h3-8,11-12,17,20-21H,9-10,13-14H2,1-2H3/t17-/m1/s1. The number of benzene rings is 2. The minimum atomic E-state index is -0.369. The SMILES string of the molecule is COc1cccc(CC[C@@H](O)CNCc2cccc(OC)c2)c1. The van der Waals surface area contributed by atoms with Gasteiger partial charge in [0.05, 0.1) is 20.3 Å². The van der Waals surface area contributed by atoms with Crippen LogP contribution in [0.15, 0.2) is 48.5 Å². The fraction of sp³-hybridized carbons (Fsp3) is 0.368. The number of aliphatic hydroxyl groups is 1. The highest BCUT2D eigenvalue weighted by atomic mass is 16.5. The van der Waals surface area contributed by atoms with Crippen molar-refractivity contribution in [2.75, 3.05) is 20.8 Å². The minimum absolute atomic E-state index is 0.369. The Hall–Kier alpha value is -2.04. The Morgan fingerprint density at radius 2 is 1.57 bits per heavy atom. The number of nitrogens with one attached hydrogen (secondary N) is 1. The van der Waals surface area contributed by atoms with Crippen LogP contribution in [0, 0.1) is 0 Å². The molecule has 0 bridgehead atoms. The fourth-order valence-corrected chi connectivity index (χ4v) is 2.43. The van der Waals surface area contributed by atoms with E-state index < -0.39 is 0 Å². The number of ether oxygens (including phenoxy) is 2. The van der Waals surface area contributed by atoms with Crippen LogP contribution in [0.1, 0.15) is 17.5 Å². The number of hydrogen-bond acceptors (Lipinski definition) is 4. The zero-order valence-electron chi connectivity index (χ0n) is 13.8. The summed E-state index contributed by atoms with van der Waals surface area (Å²) in [6.07, 6.45) is 1.18. The molecule has 0 aliphatic heterocycles. The van der Waals surface area contributed by atoms with Gasteiger partial charge in [0.15, 0.2) is 0 Å². The van der Waals surface area contributed by atoms with Crippen LogP contribution in [-0.4, -0.2) is 32.0 Å². The molecule has 4 nitrogen and oxygen atoms in total. The Morgan fingerprint density at radius 1 is 0.957 bits per heavy atom. The maximum Gasteiger partial charge on any atom is 0.119 e. The number of aliphatic hydroxyl groups excluding tert-OH is 1. The maximum absolute atomic E-state index is 10.1. The van der Waals surface area contributed by atoms with Crippen molar-refractivity contribution in [3.63, 3.8) is 0 Å². The normalized spacial score (nSPS) is 12.0. The molecule has 2 aromatic rings. The molecule has 0 spiro atoms. The van der Waals surface area contributed by atoms with Gasteiger partial charge in [-0.05, 0) is 48.2 Å². The van der Waals surface area contributed by atoms with Crippen LogP contribution in [0.3, 0.4) is 0 Å². The van der Waals surface area contributed by atoms with Gasteiger partial charge in [-0.25, -0.2) is 0 Å². The van der Waals surface area contributed by atoms with E-state index in [9.17, 15) is 5.11 Å². The first-order chi connectivity index (χ1) is 11.2. The molecule has 0 radical (unpaired) electrons. The Labute approximate surface area is 138 Å². The third kappa shape index (κ3) is 5.93. The molecule has 0 unspecified atom stereocenters. The van der Waals surface area contributed by atoms with Crippen LogP contribution >= 0.6 is 0 Å². The summed E-state index contributed by atoms with van der Waals surface area (Å²) in [6.45, 7) is 1.29. The van der Waals surface area contributed by atoms with Crippen molar-refractivity contribution in [1.82, 2.24) is 5.32 Å². The molecule has 4 heteroatoms. The largest absolute Gasteiger partial charge is 0.497 e. The van der Waals surface area contributed by atoms with Crippen LogP contribution in [0.25, 0.3) is 0 Å². The van der Waals surface area contributed by atoms with Crippen molar-refractivity contribution < 1.29 is 14.6 Å². The maximum atomic E-state index is 10.1. The summed E-state index contributed by atoms with van der Waals surface area (Å²) in [5.41, 5.74) is 2.32. The summed E-state index contributed by atoms with van der Waals surface area (Å²) in [5.74, 6) is 1.70. The lowest BCUT2D eigenvalue weighted by atomic mass is 10.1. The third-order valence-corrected chi connectivity index (χ3v) is 3.74. The highest BCUT2D eigenvalue weighted by molar-refractivity contribution is 5.29. The first-order valence-corrected chi connectivity index (χ1v) is 7.86. The zero-order valence-corrected chi connectivity index (χ0v) is 13.8. The molecule has 0 aromatic heterocycles. The first-order valence-electron chi connectivity index (χ1n) is 7.86. The third-order valence-electron chi connectivity index (χ3n) is 3.74. The molecule has 0 aliphatic carbocycles. The van der Waals surface area contributed by atoms with Gasteiger partial charge in [0.25, 0.3) is 0 Å². The molecule has 2 N–H and O–H groups in total. The van der Waals surface area contributed by atoms with Crippen molar-refractivity contribution in [2.45, 2.75) is 25.5 Å². The summed E-state index contributed by atoms with van der Waals surface area (Å²) in [6, 6.07) is 15.9. The quantitative estimate of drug-likeness (QED) is 0.747. The van der Waals surface area contributed by atoms with Gasteiger partial charge in [-0.3, -0.25) is 0 Å². The van der Waals surface area contributed by atoms with E-state index in [1.54, 1.807) is 14.2 Å². The summed E-state index contributed by atoms with van der Waals surface area (Å²) in [4.78, 5) is 0. The molecule has 1 atom stereocenters. The van der Waals surface area contributed by atoms with Crippen LogP contribution < -0.4 is 14.8 Å². The number of methoxy groups -OCH3 is 2. The molecule has 0 saturated heterocycles. The number of rotatable bonds is 9. The molecule has 0 heterocycles. The van der Waals surface area contributed by atoms with Crippen molar-refractivity contribution >= 4 is 0 Å². The number of aryl methyl sites for hydroxylation is 1. The molecule has 124 valence electrons. The van der Waals surface area contributed by atoms with Crippen LogP contribution in [0.4, 0.5) is 0 Å². The van der Waals surface area contributed by atoms with Gasteiger partial charge in [-0.1, -0.05) is 24.3 Å². The van der Waals surface area contributed by atoms with E-state index in [2.05, 4.69) is 11.4 Å². The average molecular weight is 315 g/mol. The zero-order chi connectivity index (χ0) is 16.5. The van der Waals surface area contributed by atoms with Crippen LogP contribution in [0.2, 0.25) is 0 Å². The topological polar surface area (TPSA) is 50.7 Å². The van der Waals surface area contributed by atoms with E-state index in [-0.39, 0.29) is 6.10 Å². The van der Waals surface area contributed by atoms with Crippen molar-refractivity contribution in [3.05, 3.63) is 59.7 Å². The monoisotopic (exact) mass is 315 g/mol. The molecule has 0 aliphatic rings. The molecule has 0 saturated carbocycles. The van der Waals surface area contributed by atoms with Gasteiger partial charge in [0.2, 0.25) is 0 Å². The van der Waals surface area contributed by atoms with Crippen molar-refractivity contribution in [2.24, 2.45) is 0 Å². The smallest absolute Gasteiger partial charge is 0.119 e. The Bertz CT molecular complexity index is 601. The second kappa shape index (κ2) is 9.18. The van der Waals surface area contributed by atoms with Gasteiger partial charge in [0.1, 0.15) is 11.5 Å². The second-order valence-corrected chi connectivity index (χ2v) is 5.53. The van der Waals surface area contributed by atoms with E-state index in [1.165, 1.54) is 5.56 Å². The van der Waals surface area contributed by atoms with E-state index >= 15 is 0 Å². The van der Waals surface area contributed by atoms with Gasteiger partial charge in [0, 0.05) is 13.1 Å². The highest BCUT2D eigenvalue weighted by Crippen LogP contribution is 2.15. The van der Waals surface area contributed by atoms with Crippen LogP contribution in [0.5, 0.6) is 11.5 Å². The van der Waals surface area contributed by atoms with E-state index in [1.807, 2.05) is 42.5 Å². The summed E-state index contributed by atoms with van der Waals surface area (Å²) in [7, 11) is 3.32. The molecule has 0 amide bonds. The number of hydrogen-bond donors (Lipinski definition) is 2. The Balaban J connectivity index is 1.71. The summed E-state index contributed by atoms with van der Waals surface area (Å²) >= 11 is 0. The van der Waals surface area contributed by atoms with Gasteiger partial charge in [-0.2, -0.15) is 0 Å². The highest BCUT2D eigenvalue weighted by Gasteiger charge is 2.05. The van der Waals surface area contributed by atoms with E-state index in [0.717, 1.165) is 29.9 Å². The first kappa shape index (κ1) is 17.3. The molecule has 2 aromatic carbocycles. The Morgan fingerprint density at radius 3 is 2.22 bits per heavy atom. The molecular formula is C19H25NO3. The minimum Gasteiger partial charge on any atom is -0.497 e. The van der Waals surface area contributed by atoms with Crippen molar-refractivity contribution in [1.29, 1.82) is 0 Å². The lowest BCUT2D eigenvalue weighted by molar-refractivity contribution is 0.161. The van der Waals surface area contributed by atoms with E-state index in [4.69, 9.17) is 9.47 Å². The summed E-state index contributed by atoms with van der Waals surface area (Å²) < 4.78 is 10.4. The van der Waals surface area contributed by atoms with Crippen LogP contribution in [-0.2, 0) is 13.0 Å². The lowest BCUT2D eigenvalue weighted by Gasteiger charge is -2.12. The van der Waals surface area contributed by atoms with E-state index in [0.29, 0.717) is 13.1 Å².